The normalized spacial score (nSPS) is 9.73. The predicted molar refractivity (Wildman–Crippen MR) is 39.2 cm³/mol. The van der Waals surface area contributed by atoms with Gasteiger partial charge in [-0.15, -0.1) is 0 Å². The molecule has 1 aromatic heterocycles. The lowest BCUT2D eigenvalue weighted by molar-refractivity contribution is 0.101. The lowest BCUT2D eigenvalue weighted by atomic mass is 10.2. The summed E-state index contributed by atoms with van der Waals surface area (Å²) in [6.45, 7) is 1.32. The maximum atomic E-state index is 12.5. The van der Waals surface area contributed by atoms with Crippen molar-refractivity contribution in [2.75, 3.05) is 0 Å². The Labute approximate surface area is 68.0 Å². The molecule has 1 rings (SSSR count). The van der Waals surface area contributed by atoms with Crippen molar-refractivity contribution in [3.05, 3.63) is 28.8 Å². The largest absolute Gasteiger partial charge is 0.294 e. The SMILES string of the molecule is CC(=O)c1ccnc(F)c1Cl. The number of Topliss-reactive ketones (excluding diaryl/α,β-unsaturated/α-hetero) is 1. The van der Waals surface area contributed by atoms with Gasteiger partial charge in [0, 0.05) is 11.8 Å². The van der Waals surface area contributed by atoms with E-state index in [0.717, 1.165) is 0 Å². The molecule has 58 valence electrons. The van der Waals surface area contributed by atoms with E-state index >= 15 is 0 Å². The molecule has 0 unspecified atom stereocenters. The van der Waals surface area contributed by atoms with Gasteiger partial charge in [-0.3, -0.25) is 4.79 Å². The predicted octanol–water partition coefficient (Wildman–Crippen LogP) is 2.08. The molecule has 4 heteroatoms. The fraction of sp³-hybridized carbons (Fsp3) is 0.143. The monoisotopic (exact) mass is 173 g/mol. The van der Waals surface area contributed by atoms with Crippen LogP contribution in [0.15, 0.2) is 12.3 Å². The van der Waals surface area contributed by atoms with Crippen LogP contribution >= 0.6 is 11.6 Å². The molecule has 0 bridgehead atoms. The zero-order valence-corrected chi connectivity index (χ0v) is 6.52. The van der Waals surface area contributed by atoms with E-state index in [0.29, 0.717) is 0 Å². The van der Waals surface area contributed by atoms with Crippen molar-refractivity contribution >= 4 is 17.4 Å². The van der Waals surface area contributed by atoms with Gasteiger partial charge in [-0.2, -0.15) is 4.39 Å². The average Bonchev–Trinajstić information content (AvgIpc) is 1.94. The lowest BCUT2D eigenvalue weighted by Gasteiger charge is -1.97. The zero-order valence-electron chi connectivity index (χ0n) is 5.77. The summed E-state index contributed by atoms with van der Waals surface area (Å²) in [6, 6.07) is 1.38. The van der Waals surface area contributed by atoms with Crippen molar-refractivity contribution < 1.29 is 9.18 Å². The molecule has 0 aliphatic rings. The first-order valence-electron chi connectivity index (χ1n) is 2.94. The molecule has 0 aliphatic carbocycles. The highest BCUT2D eigenvalue weighted by Crippen LogP contribution is 2.17. The summed E-state index contributed by atoms with van der Waals surface area (Å²) in [4.78, 5) is 14.0. The van der Waals surface area contributed by atoms with Crippen LogP contribution in [0.25, 0.3) is 0 Å². The summed E-state index contributed by atoms with van der Waals surface area (Å²) in [6.07, 6.45) is 1.21. The first-order valence-corrected chi connectivity index (χ1v) is 3.31. The summed E-state index contributed by atoms with van der Waals surface area (Å²) in [5, 5.41) is -0.208. The van der Waals surface area contributed by atoms with E-state index < -0.39 is 5.95 Å². The Morgan fingerprint density at radius 2 is 2.36 bits per heavy atom. The van der Waals surface area contributed by atoms with E-state index in [4.69, 9.17) is 11.6 Å². The van der Waals surface area contributed by atoms with E-state index in [-0.39, 0.29) is 16.4 Å². The molecule has 0 spiro atoms. The number of aromatic nitrogens is 1. The molecule has 2 nitrogen and oxygen atoms in total. The quantitative estimate of drug-likeness (QED) is 0.481. The third-order valence-electron chi connectivity index (χ3n) is 1.23. The Hall–Kier alpha value is -0.960. The van der Waals surface area contributed by atoms with Crippen LogP contribution in [0.2, 0.25) is 5.02 Å². The van der Waals surface area contributed by atoms with Crippen molar-refractivity contribution in [2.24, 2.45) is 0 Å². The van der Waals surface area contributed by atoms with Crippen LogP contribution in [0, 0.1) is 5.95 Å². The molecule has 0 saturated heterocycles. The number of carbonyl (C=O) groups is 1. The minimum absolute atomic E-state index is 0.166. The molecule has 0 atom stereocenters. The number of halogens is 2. The molecule has 0 radical (unpaired) electrons. The van der Waals surface area contributed by atoms with Crippen LogP contribution in [0.5, 0.6) is 0 Å². The second-order valence-corrected chi connectivity index (χ2v) is 2.40. The number of hydrogen-bond donors (Lipinski definition) is 0. The van der Waals surface area contributed by atoms with Gasteiger partial charge in [0.2, 0.25) is 5.95 Å². The third-order valence-corrected chi connectivity index (χ3v) is 1.59. The Bertz CT molecular complexity index is 300. The minimum atomic E-state index is -0.806. The van der Waals surface area contributed by atoms with Crippen LogP contribution in [0.1, 0.15) is 17.3 Å². The molecule has 0 fully saturated rings. The van der Waals surface area contributed by atoms with Crippen molar-refractivity contribution in [1.29, 1.82) is 0 Å². The highest BCUT2D eigenvalue weighted by Gasteiger charge is 2.09. The molecule has 1 aromatic rings. The Morgan fingerprint density at radius 1 is 1.73 bits per heavy atom. The average molecular weight is 174 g/mol. The summed E-state index contributed by atoms with van der Waals surface area (Å²) < 4.78 is 12.5. The van der Waals surface area contributed by atoms with E-state index in [9.17, 15) is 9.18 Å². The van der Waals surface area contributed by atoms with E-state index in [1.807, 2.05) is 0 Å². The molecule has 0 N–H and O–H groups in total. The molecule has 1 heterocycles. The molecule has 0 aromatic carbocycles. The van der Waals surface area contributed by atoms with Crippen LogP contribution in [0.4, 0.5) is 4.39 Å². The lowest BCUT2D eigenvalue weighted by Crippen LogP contribution is -1.96. The fourth-order valence-electron chi connectivity index (χ4n) is 0.690. The molecule has 0 saturated carbocycles. The van der Waals surface area contributed by atoms with Crippen molar-refractivity contribution in [1.82, 2.24) is 4.98 Å². The van der Waals surface area contributed by atoms with E-state index in [1.54, 1.807) is 0 Å². The van der Waals surface area contributed by atoms with Crippen LogP contribution < -0.4 is 0 Å². The van der Waals surface area contributed by atoms with Crippen molar-refractivity contribution in [3.8, 4) is 0 Å². The zero-order chi connectivity index (χ0) is 8.43. The van der Waals surface area contributed by atoms with Crippen LogP contribution in [0.3, 0.4) is 0 Å². The Morgan fingerprint density at radius 3 is 2.82 bits per heavy atom. The van der Waals surface area contributed by atoms with E-state index in [2.05, 4.69) is 4.98 Å². The molecule has 0 aliphatic heterocycles. The maximum Gasteiger partial charge on any atom is 0.232 e. The van der Waals surface area contributed by atoms with Gasteiger partial charge < -0.3 is 0 Å². The summed E-state index contributed by atoms with van der Waals surface area (Å²) >= 11 is 5.43. The van der Waals surface area contributed by atoms with Gasteiger partial charge in [-0.05, 0) is 13.0 Å². The highest BCUT2D eigenvalue weighted by atomic mass is 35.5. The Balaban J connectivity index is 3.27. The first-order chi connectivity index (χ1) is 5.13. The topological polar surface area (TPSA) is 30.0 Å². The number of hydrogen-bond acceptors (Lipinski definition) is 2. The van der Waals surface area contributed by atoms with E-state index in [1.165, 1.54) is 19.2 Å². The first kappa shape index (κ1) is 8.14. The fourth-order valence-corrected chi connectivity index (χ4v) is 0.935. The molecular weight excluding hydrogens is 169 g/mol. The smallest absolute Gasteiger partial charge is 0.232 e. The molecule has 0 amide bonds. The second-order valence-electron chi connectivity index (χ2n) is 2.02. The van der Waals surface area contributed by atoms with Gasteiger partial charge in [0.05, 0.1) is 0 Å². The summed E-state index contributed by atoms with van der Waals surface area (Å²) in [7, 11) is 0. The third kappa shape index (κ3) is 1.54. The minimum Gasteiger partial charge on any atom is -0.294 e. The van der Waals surface area contributed by atoms with Gasteiger partial charge in [0.1, 0.15) is 5.02 Å². The van der Waals surface area contributed by atoms with Gasteiger partial charge in [0.25, 0.3) is 0 Å². The highest BCUT2D eigenvalue weighted by molar-refractivity contribution is 6.33. The standard InChI is InChI=1S/C7H5ClFNO/c1-4(11)5-2-3-10-7(9)6(5)8/h2-3H,1H3. The van der Waals surface area contributed by atoms with Crippen molar-refractivity contribution in [3.63, 3.8) is 0 Å². The second kappa shape index (κ2) is 2.96. The number of carbonyl (C=O) groups excluding carboxylic acids is 1. The van der Waals surface area contributed by atoms with Crippen LogP contribution in [-0.2, 0) is 0 Å². The van der Waals surface area contributed by atoms with Gasteiger partial charge >= 0.3 is 0 Å². The van der Waals surface area contributed by atoms with Gasteiger partial charge in [0.15, 0.2) is 5.78 Å². The molecule has 11 heavy (non-hydrogen) atoms. The maximum absolute atomic E-state index is 12.5. The number of ketones is 1. The van der Waals surface area contributed by atoms with Gasteiger partial charge in [-0.1, -0.05) is 11.6 Å². The molecular formula is C7H5ClFNO. The number of rotatable bonds is 1. The number of nitrogens with zero attached hydrogens (tertiary/aromatic N) is 1. The summed E-state index contributed by atoms with van der Waals surface area (Å²) in [5.41, 5.74) is 0.166. The Kier molecular flexibility index (Phi) is 2.19. The van der Waals surface area contributed by atoms with Crippen LogP contribution in [-0.4, -0.2) is 10.8 Å². The summed E-state index contributed by atoms with van der Waals surface area (Å²) in [5.74, 6) is -1.07. The number of pyridine rings is 1. The van der Waals surface area contributed by atoms with Crippen molar-refractivity contribution in [2.45, 2.75) is 6.92 Å². The van der Waals surface area contributed by atoms with Gasteiger partial charge in [-0.25, -0.2) is 4.98 Å².